The molecule has 3 aromatic heterocycles. The smallest absolute Gasteiger partial charge is 0.271 e. The molecule has 0 spiro atoms. The zero-order valence-electron chi connectivity index (χ0n) is 13.4. The first-order chi connectivity index (χ1) is 12.2. The third-order valence-corrected chi connectivity index (χ3v) is 4.09. The van der Waals surface area contributed by atoms with E-state index in [0.29, 0.717) is 30.5 Å². The molecule has 1 aliphatic rings. The maximum Gasteiger partial charge on any atom is 0.271 e. The van der Waals surface area contributed by atoms with Crippen molar-refractivity contribution in [2.24, 2.45) is 0 Å². The van der Waals surface area contributed by atoms with Crippen LogP contribution in [-0.4, -0.2) is 32.4 Å². The predicted octanol–water partition coefficient (Wildman–Crippen LogP) is 1.53. The highest BCUT2D eigenvalue weighted by atomic mass is 16.3. The fourth-order valence-electron chi connectivity index (χ4n) is 2.58. The molecule has 4 rings (SSSR count). The number of carbonyl (C=O) groups excluding carboxylic acids is 1. The fourth-order valence-corrected chi connectivity index (χ4v) is 2.58. The Balaban J connectivity index is 1.36. The molecule has 25 heavy (non-hydrogen) atoms. The highest BCUT2D eigenvalue weighted by Crippen LogP contribution is 2.38. The Morgan fingerprint density at radius 1 is 1.36 bits per heavy atom. The quantitative estimate of drug-likeness (QED) is 0.708. The van der Waals surface area contributed by atoms with E-state index >= 15 is 0 Å². The van der Waals surface area contributed by atoms with E-state index < -0.39 is 0 Å². The summed E-state index contributed by atoms with van der Waals surface area (Å²) < 4.78 is 6.65. The van der Waals surface area contributed by atoms with Crippen LogP contribution in [0, 0.1) is 0 Å². The normalized spacial score (nSPS) is 13.8. The molecular weight excluding hydrogens is 322 g/mol. The van der Waals surface area contributed by atoms with Gasteiger partial charge in [-0.05, 0) is 31.0 Å². The molecule has 0 bridgehead atoms. The summed E-state index contributed by atoms with van der Waals surface area (Å²) in [7, 11) is 0. The molecule has 0 radical (unpaired) electrons. The average molecular weight is 339 g/mol. The SMILES string of the molecule is O=C(NCCn1nc(C2CC2)ccc1=O)c1cc(-c2ccco2)[nH]n1. The van der Waals surface area contributed by atoms with Crippen molar-refractivity contribution in [3.05, 3.63) is 58.3 Å². The number of nitrogens with zero attached hydrogens (tertiary/aromatic N) is 3. The van der Waals surface area contributed by atoms with Gasteiger partial charge in [0.2, 0.25) is 0 Å². The van der Waals surface area contributed by atoms with Gasteiger partial charge in [0.1, 0.15) is 5.69 Å². The molecule has 0 aliphatic heterocycles. The number of aromatic amines is 1. The van der Waals surface area contributed by atoms with Crippen molar-refractivity contribution in [1.29, 1.82) is 0 Å². The van der Waals surface area contributed by atoms with Crippen molar-refractivity contribution in [3.63, 3.8) is 0 Å². The number of aromatic nitrogens is 4. The van der Waals surface area contributed by atoms with E-state index in [2.05, 4.69) is 20.6 Å². The van der Waals surface area contributed by atoms with E-state index in [9.17, 15) is 9.59 Å². The largest absolute Gasteiger partial charge is 0.463 e. The molecule has 1 saturated carbocycles. The lowest BCUT2D eigenvalue weighted by atomic mass is 10.3. The van der Waals surface area contributed by atoms with Gasteiger partial charge in [-0.2, -0.15) is 10.2 Å². The summed E-state index contributed by atoms with van der Waals surface area (Å²) in [5.41, 5.74) is 1.67. The zero-order valence-corrected chi connectivity index (χ0v) is 13.4. The van der Waals surface area contributed by atoms with E-state index in [1.807, 2.05) is 0 Å². The Bertz CT molecular complexity index is 937. The van der Waals surface area contributed by atoms with E-state index in [0.717, 1.165) is 18.5 Å². The summed E-state index contributed by atoms with van der Waals surface area (Å²) in [6.45, 7) is 0.614. The molecule has 3 aromatic rings. The Hall–Kier alpha value is -3.16. The second-order valence-electron chi connectivity index (χ2n) is 5.99. The number of rotatable bonds is 6. The molecule has 1 aliphatic carbocycles. The van der Waals surface area contributed by atoms with E-state index in [1.54, 1.807) is 30.5 Å². The molecule has 1 fully saturated rings. The minimum Gasteiger partial charge on any atom is -0.463 e. The molecular formula is C17H17N5O3. The Kier molecular flexibility index (Phi) is 3.93. The lowest BCUT2D eigenvalue weighted by Crippen LogP contribution is -2.32. The number of H-pyrrole nitrogens is 1. The molecule has 128 valence electrons. The highest BCUT2D eigenvalue weighted by molar-refractivity contribution is 5.93. The van der Waals surface area contributed by atoms with Gasteiger partial charge in [-0.1, -0.05) is 0 Å². The van der Waals surface area contributed by atoms with Crippen LogP contribution >= 0.6 is 0 Å². The van der Waals surface area contributed by atoms with Gasteiger partial charge >= 0.3 is 0 Å². The summed E-state index contributed by atoms with van der Waals surface area (Å²) >= 11 is 0. The number of hydrogen-bond donors (Lipinski definition) is 2. The van der Waals surface area contributed by atoms with Gasteiger partial charge in [-0.25, -0.2) is 4.68 Å². The third-order valence-electron chi connectivity index (χ3n) is 4.09. The summed E-state index contributed by atoms with van der Waals surface area (Å²) in [5.74, 6) is 0.769. The highest BCUT2D eigenvalue weighted by Gasteiger charge is 2.25. The number of carbonyl (C=O) groups is 1. The predicted molar refractivity (Wildman–Crippen MR) is 89.1 cm³/mol. The summed E-state index contributed by atoms with van der Waals surface area (Å²) in [6.07, 6.45) is 3.80. The molecule has 8 heteroatoms. The van der Waals surface area contributed by atoms with Crippen LogP contribution < -0.4 is 10.9 Å². The monoisotopic (exact) mass is 339 g/mol. The van der Waals surface area contributed by atoms with Crippen molar-refractivity contribution < 1.29 is 9.21 Å². The standard InChI is InChI=1S/C17H17N5O3/c23-16-6-5-12(11-3-4-11)21-22(16)8-7-18-17(24)14-10-13(19-20-14)15-2-1-9-25-15/h1-2,5-6,9-11H,3-4,7-8H2,(H,18,24)(H,19,20). The minimum absolute atomic E-state index is 0.168. The first kappa shape index (κ1) is 15.4. The van der Waals surface area contributed by atoms with Gasteiger partial charge in [0.05, 0.1) is 18.5 Å². The Morgan fingerprint density at radius 2 is 2.24 bits per heavy atom. The maximum atomic E-state index is 12.2. The maximum absolute atomic E-state index is 12.2. The number of furan rings is 1. The number of hydrogen-bond acceptors (Lipinski definition) is 5. The van der Waals surface area contributed by atoms with Crippen LogP contribution in [0.15, 0.2) is 45.8 Å². The van der Waals surface area contributed by atoms with Crippen molar-refractivity contribution >= 4 is 5.91 Å². The lowest BCUT2D eigenvalue weighted by Gasteiger charge is -2.07. The zero-order chi connectivity index (χ0) is 17.2. The van der Waals surface area contributed by atoms with Gasteiger partial charge in [0.15, 0.2) is 11.5 Å². The summed E-state index contributed by atoms with van der Waals surface area (Å²) in [6, 6.07) is 8.48. The van der Waals surface area contributed by atoms with Gasteiger partial charge in [0, 0.05) is 24.6 Å². The second kappa shape index (κ2) is 6.39. The topological polar surface area (TPSA) is 106 Å². The van der Waals surface area contributed by atoms with Crippen LogP contribution in [0.25, 0.3) is 11.5 Å². The van der Waals surface area contributed by atoms with Crippen molar-refractivity contribution in [3.8, 4) is 11.5 Å². The average Bonchev–Trinajstić information content (AvgIpc) is 3.11. The lowest BCUT2D eigenvalue weighted by molar-refractivity contribution is 0.0946. The Morgan fingerprint density at radius 3 is 3.00 bits per heavy atom. The van der Waals surface area contributed by atoms with Gasteiger partial charge in [0.25, 0.3) is 11.5 Å². The molecule has 1 amide bonds. The molecule has 0 unspecified atom stereocenters. The molecule has 0 atom stereocenters. The van der Waals surface area contributed by atoms with Gasteiger partial charge < -0.3 is 9.73 Å². The van der Waals surface area contributed by atoms with Crippen LogP contribution in [0.2, 0.25) is 0 Å². The first-order valence-electron chi connectivity index (χ1n) is 8.16. The molecule has 2 N–H and O–H groups in total. The van der Waals surface area contributed by atoms with Crippen molar-refractivity contribution in [2.45, 2.75) is 25.3 Å². The first-order valence-corrected chi connectivity index (χ1v) is 8.16. The van der Waals surface area contributed by atoms with Crippen LogP contribution in [0.4, 0.5) is 0 Å². The molecule has 0 aromatic carbocycles. The van der Waals surface area contributed by atoms with Gasteiger partial charge in [-0.3, -0.25) is 14.7 Å². The van der Waals surface area contributed by atoms with Crippen LogP contribution in [-0.2, 0) is 6.54 Å². The molecule has 0 saturated heterocycles. The Labute approximate surface area is 142 Å². The van der Waals surface area contributed by atoms with E-state index in [-0.39, 0.29) is 17.2 Å². The third kappa shape index (κ3) is 3.37. The van der Waals surface area contributed by atoms with Crippen LogP contribution in [0.3, 0.4) is 0 Å². The minimum atomic E-state index is -0.319. The summed E-state index contributed by atoms with van der Waals surface area (Å²) in [5, 5.41) is 13.8. The van der Waals surface area contributed by atoms with E-state index in [4.69, 9.17) is 4.42 Å². The second-order valence-corrected chi connectivity index (χ2v) is 5.99. The van der Waals surface area contributed by atoms with E-state index in [1.165, 1.54) is 10.7 Å². The van der Waals surface area contributed by atoms with Crippen LogP contribution in [0.5, 0.6) is 0 Å². The molecule has 8 nitrogen and oxygen atoms in total. The molecule has 3 heterocycles. The van der Waals surface area contributed by atoms with Crippen molar-refractivity contribution in [2.75, 3.05) is 6.54 Å². The summed E-state index contributed by atoms with van der Waals surface area (Å²) in [4.78, 5) is 24.0. The van der Waals surface area contributed by atoms with Crippen LogP contribution in [0.1, 0.15) is 34.9 Å². The number of nitrogens with one attached hydrogen (secondary N) is 2. The van der Waals surface area contributed by atoms with Crippen molar-refractivity contribution in [1.82, 2.24) is 25.3 Å². The van der Waals surface area contributed by atoms with Gasteiger partial charge in [-0.15, -0.1) is 0 Å². The fraction of sp³-hybridized carbons (Fsp3) is 0.294. The number of amides is 1.